The summed E-state index contributed by atoms with van der Waals surface area (Å²) in [7, 11) is 1.49. The summed E-state index contributed by atoms with van der Waals surface area (Å²) in [6, 6.07) is 7.33. The third-order valence-corrected chi connectivity index (χ3v) is 6.23. The second-order valence-electron chi connectivity index (χ2n) is 9.92. The molecule has 2 aromatic carbocycles. The second kappa shape index (κ2) is 10.9. The van der Waals surface area contributed by atoms with Crippen molar-refractivity contribution < 1.29 is 23.5 Å². The molecule has 1 aliphatic heterocycles. The monoisotopic (exact) mass is 544 g/mol. The Morgan fingerprint density at radius 3 is 2.61 bits per heavy atom. The molecule has 10 nitrogen and oxygen atoms in total. The van der Waals surface area contributed by atoms with Crippen LogP contribution in [0.2, 0.25) is 5.02 Å². The number of urea groups is 1. The van der Waals surface area contributed by atoms with Gasteiger partial charge in [-0.1, -0.05) is 17.7 Å². The Kier molecular flexibility index (Phi) is 7.77. The van der Waals surface area contributed by atoms with Crippen LogP contribution in [0.15, 0.2) is 36.7 Å². The van der Waals surface area contributed by atoms with Gasteiger partial charge < -0.3 is 29.9 Å². The number of hydrogen-bond donors (Lipinski definition) is 2. The zero-order valence-corrected chi connectivity index (χ0v) is 22.6. The van der Waals surface area contributed by atoms with Crippen LogP contribution in [0.4, 0.5) is 31.2 Å². The number of methoxy groups -OCH3 is 1. The average molecular weight is 545 g/mol. The highest BCUT2D eigenvalue weighted by Crippen LogP contribution is 2.34. The molecule has 12 heteroatoms. The molecule has 202 valence electrons. The van der Waals surface area contributed by atoms with Gasteiger partial charge in [0.2, 0.25) is 0 Å². The Hall–Kier alpha value is -3.86. The summed E-state index contributed by atoms with van der Waals surface area (Å²) >= 11 is 5.92. The van der Waals surface area contributed by atoms with Crippen molar-refractivity contribution in [2.24, 2.45) is 0 Å². The van der Waals surface area contributed by atoms with Crippen LogP contribution in [0.3, 0.4) is 0 Å². The number of nitrogens with one attached hydrogen (secondary N) is 2. The molecular weight excluding hydrogens is 515 g/mol. The van der Waals surface area contributed by atoms with Crippen LogP contribution in [0.1, 0.15) is 27.7 Å². The summed E-state index contributed by atoms with van der Waals surface area (Å²) in [6.45, 7) is 8.31. The molecule has 1 atom stereocenters. The molecule has 4 rings (SSSR count). The predicted molar refractivity (Wildman–Crippen MR) is 144 cm³/mol. The molecule has 1 unspecified atom stereocenters. The third-order valence-electron chi connectivity index (χ3n) is 5.94. The minimum absolute atomic E-state index is 0.0242. The number of piperazine rings is 1. The number of fused-ring (bicyclic) bond motifs is 1. The predicted octanol–water partition coefficient (Wildman–Crippen LogP) is 5.65. The van der Waals surface area contributed by atoms with Gasteiger partial charge in [0, 0.05) is 37.1 Å². The molecule has 0 aliphatic carbocycles. The number of halogens is 2. The van der Waals surface area contributed by atoms with E-state index in [9.17, 15) is 14.0 Å². The molecule has 1 fully saturated rings. The minimum atomic E-state index is -0.609. The molecule has 1 aliphatic rings. The van der Waals surface area contributed by atoms with E-state index < -0.39 is 17.5 Å². The summed E-state index contributed by atoms with van der Waals surface area (Å²) in [6.07, 6.45) is 0.938. The molecule has 1 saturated heterocycles. The Morgan fingerprint density at radius 1 is 1.16 bits per heavy atom. The summed E-state index contributed by atoms with van der Waals surface area (Å²) < 4.78 is 25.5. The normalized spacial score (nSPS) is 15.8. The van der Waals surface area contributed by atoms with E-state index in [1.165, 1.54) is 19.5 Å². The van der Waals surface area contributed by atoms with Crippen LogP contribution in [0.5, 0.6) is 5.75 Å². The molecule has 1 aromatic heterocycles. The van der Waals surface area contributed by atoms with Crippen LogP contribution in [-0.4, -0.2) is 70.3 Å². The Balaban J connectivity index is 1.55. The number of amides is 3. The highest BCUT2D eigenvalue weighted by molar-refractivity contribution is 6.31. The lowest BCUT2D eigenvalue weighted by Gasteiger charge is -2.40. The van der Waals surface area contributed by atoms with Crippen molar-refractivity contribution in [3.05, 3.63) is 47.5 Å². The molecule has 2 N–H and O–H groups in total. The fourth-order valence-electron chi connectivity index (χ4n) is 4.12. The van der Waals surface area contributed by atoms with Crippen molar-refractivity contribution in [1.29, 1.82) is 0 Å². The van der Waals surface area contributed by atoms with Gasteiger partial charge in [0.15, 0.2) is 5.82 Å². The first-order valence-electron chi connectivity index (χ1n) is 12.1. The zero-order chi connectivity index (χ0) is 27.6. The van der Waals surface area contributed by atoms with Crippen molar-refractivity contribution in [3.8, 4) is 5.75 Å². The van der Waals surface area contributed by atoms with E-state index >= 15 is 0 Å². The van der Waals surface area contributed by atoms with E-state index in [2.05, 4.69) is 20.6 Å². The van der Waals surface area contributed by atoms with E-state index in [1.54, 1.807) is 34.1 Å². The van der Waals surface area contributed by atoms with Gasteiger partial charge in [-0.3, -0.25) is 0 Å². The van der Waals surface area contributed by atoms with Gasteiger partial charge in [0.1, 0.15) is 23.5 Å². The van der Waals surface area contributed by atoms with Crippen molar-refractivity contribution in [3.63, 3.8) is 0 Å². The number of rotatable bonds is 4. The zero-order valence-electron chi connectivity index (χ0n) is 21.8. The first-order chi connectivity index (χ1) is 18.0. The number of carbonyl (C=O) groups is 2. The minimum Gasteiger partial charge on any atom is -0.494 e. The van der Waals surface area contributed by atoms with Gasteiger partial charge in [-0.05, 0) is 45.9 Å². The summed E-state index contributed by atoms with van der Waals surface area (Å²) in [4.78, 5) is 37.5. The molecule has 38 heavy (non-hydrogen) atoms. The van der Waals surface area contributed by atoms with E-state index in [1.807, 2.05) is 27.7 Å². The first-order valence-corrected chi connectivity index (χ1v) is 12.4. The SMILES string of the molecule is COc1cc2ncnc(Nc3cccc(Cl)c3F)c2cc1NC(=O)N1CCN(C(=O)OC(C)(C)C)CC1C. The second-order valence-corrected chi connectivity index (χ2v) is 10.3. The van der Waals surface area contributed by atoms with E-state index in [4.69, 9.17) is 21.1 Å². The highest BCUT2D eigenvalue weighted by atomic mass is 35.5. The quantitative estimate of drug-likeness (QED) is 0.437. The third kappa shape index (κ3) is 5.99. The number of benzene rings is 2. The van der Waals surface area contributed by atoms with E-state index in [0.29, 0.717) is 47.8 Å². The first kappa shape index (κ1) is 27.2. The van der Waals surface area contributed by atoms with Gasteiger partial charge in [-0.25, -0.2) is 23.9 Å². The van der Waals surface area contributed by atoms with Crippen molar-refractivity contribution in [2.75, 3.05) is 37.4 Å². The lowest BCUT2D eigenvalue weighted by molar-refractivity contribution is 0.0112. The molecule has 0 radical (unpaired) electrons. The average Bonchev–Trinajstić information content (AvgIpc) is 2.85. The van der Waals surface area contributed by atoms with Gasteiger partial charge >= 0.3 is 12.1 Å². The molecule has 0 bridgehead atoms. The number of hydrogen-bond acceptors (Lipinski definition) is 7. The number of anilines is 3. The maximum absolute atomic E-state index is 14.5. The summed E-state index contributed by atoms with van der Waals surface area (Å²) in [5.41, 5.74) is 0.461. The molecule has 2 heterocycles. The highest BCUT2D eigenvalue weighted by Gasteiger charge is 2.32. The van der Waals surface area contributed by atoms with Crippen molar-refractivity contribution in [1.82, 2.24) is 19.8 Å². The molecular formula is C26H30ClFN6O4. The smallest absolute Gasteiger partial charge is 0.410 e. The largest absolute Gasteiger partial charge is 0.494 e. The Labute approximate surface area is 225 Å². The maximum Gasteiger partial charge on any atom is 0.410 e. The molecule has 0 saturated carbocycles. The Bertz CT molecular complexity index is 1370. The number of nitrogens with zero attached hydrogens (tertiary/aromatic N) is 4. The van der Waals surface area contributed by atoms with Crippen molar-refractivity contribution in [2.45, 2.75) is 39.3 Å². The van der Waals surface area contributed by atoms with E-state index in [0.717, 1.165) is 0 Å². The fraction of sp³-hybridized carbons (Fsp3) is 0.385. The molecule has 3 aromatic rings. The van der Waals surface area contributed by atoms with Gasteiger partial charge in [-0.15, -0.1) is 0 Å². The van der Waals surface area contributed by atoms with Crippen LogP contribution < -0.4 is 15.4 Å². The maximum atomic E-state index is 14.5. The fourth-order valence-corrected chi connectivity index (χ4v) is 4.29. The van der Waals surface area contributed by atoms with Crippen LogP contribution in [-0.2, 0) is 4.74 Å². The van der Waals surface area contributed by atoms with Crippen LogP contribution in [0.25, 0.3) is 10.9 Å². The van der Waals surface area contributed by atoms with Gasteiger partial charge in [-0.2, -0.15) is 0 Å². The van der Waals surface area contributed by atoms with Crippen LogP contribution in [0, 0.1) is 5.82 Å². The lowest BCUT2D eigenvalue weighted by Crippen LogP contribution is -2.57. The number of ether oxygens (including phenoxy) is 2. The summed E-state index contributed by atoms with van der Waals surface area (Å²) in [5.74, 6) is 0.112. The van der Waals surface area contributed by atoms with Gasteiger partial charge in [0.05, 0.1) is 29.0 Å². The molecule has 3 amide bonds. The topological polar surface area (TPSA) is 109 Å². The van der Waals surface area contributed by atoms with Gasteiger partial charge in [0.25, 0.3) is 0 Å². The van der Waals surface area contributed by atoms with E-state index in [-0.39, 0.29) is 22.8 Å². The number of carbonyl (C=O) groups excluding carboxylic acids is 2. The molecule has 0 spiro atoms. The van der Waals surface area contributed by atoms with Crippen molar-refractivity contribution >= 4 is 51.8 Å². The number of aromatic nitrogens is 2. The summed E-state index contributed by atoms with van der Waals surface area (Å²) in [5, 5.41) is 6.36. The Morgan fingerprint density at radius 2 is 1.92 bits per heavy atom. The van der Waals surface area contributed by atoms with Crippen LogP contribution >= 0.6 is 11.6 Å². The lowest BCUT2D eigenvalue weighted by atomic mass is 10.1. The standard InChI is InChI=1S/C26H30ClFN6O4/c1-15-13-33(25(36)38-26(2,3)4)9-10-34(15)24(35)32-20-11-16-19(12-21(20)37-5)29-14-30-23(16)31-18-8-6-7-17(27)22(18)28/h6-8,11-12,14-15H,9-10,13H2,1-5H3,(H,32,35)(H,29,30,31).